The van der Waals surface area contributed by atoms with Crippen molar-refractivity contribution in [2.45, 2.75) is 11.7 Å². The molecule has 0 aromatic rings. The van der Waals surface area contributed by atoms with Crippen LogP contribution in [0.25, 0.3) is 0 Å². The van der Waals surface area contributed by atoms with Crippen LogP contribution in [0.5, 0.6) is 0 Å². The van der Waals surface area contributed by atoms with Crippen molar-refractivity contribution in [3.8, 4) is 0 Å². The molecule has 1 aliphatic rings. The molecule has 9 heavy (non-hydrogen) atoms. The van der Waals surface area contributed by atoms with E-state index in [0.717, 1.165) is 11.9 Å². The lowest BCUT2D eigenvalue weighted by Gasteiger charge is -2.09. The number of nitrogens with one attached hydrogen (secondary N) is 1. The van der Waals surface area contributed by atoms with Crippen LogP contribution in [0, 0.1) is 0 Å². The number of aliphatic carboxylic acids is 1. The molecule has 0 bridgehead atoms. The fourth-order valence-corrected chi connectivity index (χ4v) is 0.884. The quantitative estimate of drug-likeness (QED) is 0.514. The molecule has 0 aromatic heterocycles. The molecule has 4 nitrogen and oxygen atoms in total. The van der Waals surface area contributed by atoms with Crippen LogP contribution < -0.4 is 4.83 Å². The molecule has 1 unspecified atom stereocenters. The van der Waals surface area contributed by atoms with E-state index in [2.05, 4.69) is 9.93 Å². The van der Waals surface area contributed by atoms with E-state index in [1.807, 2.05) is 0 Å². The summed E-state index contributed by atoms with van der Waals surface area (Å²) < 4.78 is -0.875. The number of nitrogens with zero attached hydrogens (tertiary/aromatic N) is 1. The third kappa shape index (κ3) is 0.999. The van der Waals surface area contributed by atoms with Crippen molar-refractivity contribution in [2.24, 2.45) is 5.10 Å². The van der Waals surface area contributed by atoms with E-state index < -0.39 is 10.7 Å². The van der Waals surface area contributed by atoms with Gasteiger partial charge in [0.15, 0.2) is 4.75 Å². The first-order valence-electron chi connectivity index (χ1n) is 2.36. The summed E-state index contributed by atoms with van der Waals surface area (Å²) in [5.74, 6) is -0.874. The fraction of sp³-hybridized carbons (Fsp3) is 0.500. The first-order valence-corrected chi connectivity index (χ1v) is 3.17. The monoisotopic (exact) mass is 146 g/mol. The number of hydrazone groups is 1. The number of carboxylic acids is 1. The van der Waals surface area contributed by atoms with Gasteiger partial charge in [0.1, 0.15) is 0 Å². The molecule has 5 heteroatoms. The van der Waals surface area contributed by atoms with Crippen molar-refractivity contribution in [1.82, 2.24) is 4.83 Å². The zero-order valence-corrected chi connectivity index (χ0v) is 5.60. The Labute approximate surface area is 56.5 Å². The highest BCUT2D eigenvalue weighted by Gasteiger charge is 2.35. The average Bonchev–Trinajstić information content (AvgIpc) is 2.16. The van der Waals surface area contributed by atoms with Crippen molar-refractivity contribution in [2.75, 3.05) is 0 Å². The van der Waals surface area contributed by atoms with Gasteiger partial charge in [-0.2, -0.15) is 5.10 Å². The second-order valence-corrected chi connectivity index (χ2v) is 3.10. The lowest BCUT2D eigenvalue weighted by molar-refractivity contribution is -0.137. The number of hydrogen-bond donors (Lipinski definition) is 2. The fourth-order valence-electron chi connectivity index (χ4n) is 0.396. The Morgan fingerprint density at radius 1 is 2.00 bits per heavy atom. The SMILES string of the molecule is CC1(C(=O)O)C=NNS1. The van der Waals surface area contributed by atoms with Crippen LogP contribution in [0.2, 0.25) is 0 Å². The highest BCUT2D eigenvalue weighted by molar-refractivity contribution is 8.00. The molecule has 0 amide bonds. The van der Waals surface area contributed by atoms with Gasteiger partial charge in [-0.15, -0.1) is 0 Å². The predicted molar refractivity (Wildman–Crippen MR) is 35.3 cm³/mol. The molecule has 0 aliphatic carbocycles. The molecule has 1 heterocycles. The summed E-state index contributed by atoms with van der Waals surface area (Å²) in [4.78, 5) is 12.9. The molecule has 0 saturated carbocycles. The van der Waals surface area contributed by atoms with E-state index in [4.69, 9.17) is 5.11 Å². The van der Waals surface area contributed by atoms with Gasteiger partial charge in [0.05, 0.1) is 6.21 Å². The minimum absolute atomic E-state index is 0.874. The standard InChI is InChI=1S/C4H6N2O2S/c1-4(3(7)8)2-5-6-9-4/h2,6H,1H3,(H,7,8). The Kier molecular flexibility index (Phi) is 1.36. The minimum Gasteiger partial charge on any atom is -0.480 e. The third-order valence-corrected chi connectivity index (χ3v) is 1.95. The Hall–Kier alpha value is -0.710. The summed E-state index contributed by atoms with van der Waals surface area (Å²) >= 11 is 1.08. The van der Waals surface area contributed by atoms with Crippen LogP contribution >= 0.6 is 11.9 Å². The van der Waals surface area contributed by atoms with Crippen molar-refractivity contribution in [3.05, 3.63) is 0 Å². The molecular weight excluding hydrogens is 140 g/mol. The Bertz CT molecular complexity index is 170. The highest BCUT2D eigenvalue weighted by atomic mass is 32.2. The predicted octanol–water partition coefficient (Wildman–Crippen LogP) is 0.0669. The molecule has 0 fully saturated rings. The highest BCUT2D eigenvalue weighted by Crippen LogP contribution is 2.23. The largest absolute Gasteiger partial charge is 0.480 e. The second kappa shape index (κ2) is 1.91. The zero-order valence-electron chi connectivity index (χ0n) is 4.79. The Morgan fingerprint density at radius 2 is 2.67 bits per heavy atom. The van der Waals surface area contributed by atoms with E-state index in [1.54, 1.807) is 6.92 Å². The number of carbonyl (C=O) groups is 1. The lowest BCUT2D eigenvalue weighted by atomic mass is 10.2. The molecule has 1 rings (SSSR count). The lowest BCUT2D eigenvalue weighted by Crippen LogP contribution is -2.31. The van der Waals surface area contributed by atoms with Gasteiger partial charge in [-0.05, 0) is 18.9 Å². The first kappa shape index (κ1) is 6.41. The molecule has 2 N–H and O–H groups in total. The molecular formula is C4H6N2O2S. The van der Waals surface area contributed by atoms with Gasteiger partial charge in [0.25, 0.3) is 0 Å². The van der Waals surface area contributed by atoms with Gasteiger partial charge in [0.2, 0.25) is 0 Å². The van der Waals surface area contributed by atoms with E-state index in [9.17, 15) is 4.79 Å². The summed E-state index contributed by atoms with van der Waals surface area (Å²) in [5, 5.41) is 12.1. The van der Waals surface area contributed by atoms with Crippen LogP contribution in [0.3, 0.4) is 0 Å². The zero-order chi connectivity index (χ0) is 6.91. The summed E-state index contributed by atoms with van der Waals surface area (Å²) in [7, 11) is 0. The van der Waals surface area contributed by atoms with Crippen LogP contribution in [-0.2, 0) is 4.79 Å². The second-order valence-electron chi connectivity index (χ2n) is 1.86. The maximum atomic E-state index is 10.4. The summed E-state index contributed by atoms with van der Waals surface area (Å²) in [6.45, 7) is 1.59. The van der Waals surface area contributed by atoms with Crippen molar-refractivity contribution < 1.29 is 9.90 Å². The van der Waals surface area contributed by atoms with Gasteiger partial charge in [-0.3, -0.25) is 9.63 Å². The van der Waals surface area contributed by atoms with Crippen LogP contribution in [0.15, 0.2) is 5.10 Å². The van der Waals surface area contributed by atoms with Crippen LogP contribution in [0.4, 0.5) is 0 Å². The van der Waals surface area contributed by atoms with E-state index in [0.29, 0.717) is 0 Å². The Balaban J connectivity index is 2.74. The third-order valence-electron chi connectivity index (χ3n) is 1.05. The van der Waals surface area contributed by atoms with Gasteiger partial charge in [-0.25, -0.2) is 0 Å². The number of hydrogen-bond acceptors (Lipinski definition) is 4. The smallest absolute Gasteiger partial charge is 0.327 e. The summed E-state index contributed by atoms with van der Waals surface area (Å²) in [6, 6.07) is 0. The van der Waals surface area contributed by atoms with Crippen molar-refractivity contribution >= 4 is 24.1 Å². The number of carboxylic acid groups (broad SMARTS) is 1. The van der Waals surface area contributed by atoms with Gasteiger partial charge < -0.3 is 5.11 Å². The topological polar surface area (TPSA) is 61.7 Å². The maximum absolute atomic E-state index is 10.4. The first-order chi connectivity index (χ1) is 4.15. The molecule has 0 spiro atoms. The maximum Gasteiger partial charge on any atom is 0.327 e. The summed E-state index contributed by atoms with van der Waals surface area (Å²) in [5.41, 5.74) is 0. The summed E-state index contributed by atoms with van der Waals surface area (Å²) in [6.07, 6.45) is 1.38. The van der Waals surface area contributed by atoms with Crippen molar-refractivity contribution in [3.63, 3.8) is 0 Å². The van der Waals surface area contributed by atoms with E-state index in [-0.39, 0.29) is 0 Å². The van der Waals surface area contributed by atoms with Crippen molar-refractivity contribution in [1.29, 1.82) is 0 Å². The Morgan fingerprint density at radius 3 is 2.89 bits per heavy atom. The molecule has 1 atom stereocenters. The average molecular weight is 146 g/mol. The van der Waals surface area contributed by atoms with Crippen LogP contribution in [0.1, 0.15) is 6.92 Å². The molecule has 0 radical (unpaired) electrons. The normalized spacial score (nSPS) is 32.1. The molecule has 0 aromatic carbocycles. The van der Waals surface area contributed by atoms with Gasteiger partial charge in [0, 0.05) is 0 Å². The molecule has 1 aliphatic heterocycles. The van der Waals surface area contributed by atoms with Gasteiger partial charge in [-0.1, -0.05) is 0 Å². The van der Waals surface area contributed by atoms with E-state index >= 15 is 0 Å². The van der Waals surface area contributed by atoms with Gasteiger partial charge >= 0.3 is 5.97 Å². The molecule has 0 saturated heterocycles. The molecule has 50 valence electrons. The van der Waals surface area contributed by atoms with Crippen LogP contribution in [-0.4, -0.2) is 22.0 Å². The minimum atomic E-state index is -0.875. The van der Waals surface area contributed by atoms with E-state index in [1.165, 1.54) is 6.21 Å². The number of rotatable bonds is 1.